The van der Waals surface area contributed by atoms with E-state index in [-0.39, 0.29) is 13.6 Å². The van der Waals surface area contributed by atoms with E-state index in [2.05, 4.69) is 17.1 Å². The number of nitrogens with one attached hydrogen (secondary N) is 1. The average Bonchev–Trinajstić information content (AvgIpc) is 2.47. The third-order valence-corrected chi connectivity index (χ3v) is 2.92. The first-order chi connectivity index (χ1) is 9.52. The molecule has 0 unspecified atom stereocenters. The van der Waals surface area contributed by atoms with Gasteiger partial charge in [-0.2, -0.15) is 0 Å². The van der Waals surface area contributed by atoms with Crippen molar-refractivity contribution < 1.29 is 14.1 Å². The lowest BCUT2D eigenvalue weighted by atomic mass is 10.1. The van der Waals surface area contributed by atoms with E-state index >= 15 is 0 Å². The molecule has 0 saturated heterocycles. The average molecular weight is 314 g/mol. The van der Waals surface area contributed by atoms with Gasteiger partial charge in [0.25, 0.3) is 0 Å². The fourth-order valence-corrected chi connectivity index (χ4v) is 1.92. The number of urea groups is 1. The van der Waals surface area contributed by atoms with Crippen LogP contribution in [-0.2, 0) is 16.3 Å². The fraction of sp³-hybridized carbons (Fsp3) is 0.385. The van der Waals surface area contributed by atoms with E-state index in [4.69, 9.17) is 4.52 Å². The molecule has 0 aliphatic rings. The molecule has 0 radical (unpaired) electrons. The van der Waals surface area contributed by atoms with Crippen LogP contribution in [0.4, 0.5) is 10.5 Å². The number of hydrogen-bond donors (Lipinski definition) is 1. The lowest BCUT2D eigenvalue weighted by Gasteiger charge is -2.20. The number of hydrogen-bond acceptors (Lipinski definition) is 4. The van der Waals surface area contributed by atoms with Crippen LogP contribution in [0.5, 0.6) is 0 Å². The zero-order valence-electron chi connectivity index (χ0n) is 12.3. The van der Waals surface area contributed by atoms with Gasteiger partial charge in [0.05, 0.1) is 11.3 Å². The van der Waals surface area contributed by atoms with Gasteiger partial charge in [-0.25, -0.2) is 9.59 Å². The predicted molar refractivity (Wildman–Crippen MR) is 85.1 cm³/mol. The van der Waals surface area contributed by atoms with Crippen LogP contribution in [0.25, 0.3) is 0 Å². The van der Waals surface area contributed by atoms with Crippen LogP contribution >= 0.6 is 7.58 Å². The van der Waals surface area contributed by atoms with E-state index in [1.807, 2.05) is 13.8 Å². The molecule has 7 heteroatoms. The number of carbonyl (C=O) groups is 2. The Kier molecular flexibility index (Phi) is 8.68. The highest BCUT2D eigenvalue weighted by molar-refractivity contribution is 7.94. The SMILES string of the molecule is CC.CNC(=O)N(C)c1cccc(C)c1C(=O)OP=S. The van der Waals surface area contributed by atoms with Crippen LogP contribution in [0.3, 0.4) is 0 Å². The van der Waals surface area contributed by atoms with E-state index in [9.17, 15) is 9.59 Å². The van der Waals surface area contributed by atoms with E-state index in [0.29, 0.717) is 11.3 Å². The highest BCUT2D eigenvalue weighted by atomic mass is 32.4. The molecule has 0 aromatic heterocycles. The summed E-state index contributed by atoms with van der Waals surface area (Å²) in [6.07, 6.45) is 0. The Labute approximate surface area is 126 Å². The standard InChI is InChI=1S/C11H13N2O3PS.C2H6/c1-7-5-4-6-8(13(3)11(15)12-2)9(7)10(14)16-17-18;1-2/h4-6H,1-3H3,(H,12,15);1-2H3. The van der Waals surface area contributed by atoms with Gasteiger partial charge in [-0.15, -0.1) is 0 Å². The molecule has 20 heavy (non-hydrogen) atoms. The smallest absolute Gasteiger partial charge is 0.349 e. The van der Waals surface area contributed by atoms with Crippen molar-refractivity contribution in [3.63, 3.8) is 0 Å². The zero-order chi connectivity index (χ0) is 15.7. The molecule has 0 aliphatic carbocycles. The van der Waals surface area contributed by atoms with Gasteiger partial charge in [-0.1, -0.05) is 26.0 Å². The van der Waals surface area contributed by atoms with Gasteiger partial charge < -0.3 is 9.84 Å². The van der Waals surface area contributed by atoms with Gasteiger partial charge in [0.1, 0.15) is 0 Å². The number of anilines is 1. The maximum atomic E-state index is 11.8. The summed E-state index contributed by atoms with van der Waals surface area (Å²) in [5.41, 5.74) is 1.56. The summed E-state index contributed by atoms with van der Waals surface area (Å²) < 4.78 is 4.80. The third kappa shape index (κ3) is 4.54. The van der Waals surface area contributed by atoms with Crippen molar-refractivity contribution in [1.29, 1.82) is 0 Å². The first-order valence-corrected chi connectivity index (χ1v) is 7.94. The molecule has 5 nitrogen and oxygen atoms in total. The Morgan fingerprint density at radius 3 is 2.45 bits per heavy atom. The Morgan fingerprint density at radius 2 is 1.95 bits per heavy atom. The van der Waals surface area contributed by atoms with Crippen LogP contribution in [0.2, 0.25) is 0 Å². The molecule has 1 N–H and O–H groups in total. The number of benzene rings is 1. The summed E-state index contributed by atoms with van der Waals surface area (Å²) in [5, 5.41) is 2.49. The first-order valence-electron chi connectivity index (χ1n) is 6.12. The normalized spacial score (nSPS) is 9.25. The van der Waals surface area contributed by atoms with E-state index in [1.54, 1.807) is 32.2 Å². The zero-order valence-corrected chi connectivity index (χ0v) is 14.0. The van der Waals surface area contributed by atoms with Crippen LogP contribution in [-0.4, -0.2) is 26.1 Å². The highest BCUT2D eigenvalue weighted by Crippen LogP contribution is 2.25. The van der Waals surface area contributed by atoms with Crippen molar-refractivity contribution in [1.82, 2.24) is 5.32 Å². The molecular weight excluding hydrogens is 295 g/mol. The molecule has 1 aromatic carbocycles. The van der Waals surface area contributed by atoms with Gasteiger partial charge in [-0.05, 0) is 30.4 Å². The van der Waals surface area contributed by atoms with Gasteiger partial charge in [0.15, 0.2) is 0 Å². The minimum absolute atomic E-state index is 0.111. The lowest BCUT2D eigenvalue weighted by Crippen LogP contribution is -2.35. The molecule has 2 amide bonds. The van der Waals surface area contributed by atoms with Gasteiger partial charge in [0.2, 0.25) is 7.58 Å². The molecule has 0 saturated carbocycles. The van der Waals surface area contributed by atoms with Crippen molar-refractivity contribution in [3.8, 4) is 0 Å². The minimum Gasteiger partial charge on any atom is -0.392 e. The summed E-state index contributed by atoms with van der Waals surface area (Å²) in [6.45, 7) is 5.78. The molecule has 1 rings (SSSR count). The van der Waals surface area contributed by atoms with Crippen molar-refractivity contribution in [2.45, 2.75) is 20.8 Å². The molecule has 0 fully saturated rings. The van der Waals surface area contributed by atoms with Crippen LogP contribution in [0.15, 0.2) is 18.2 Å². The molecular formula is C13H19N2O3PS. The first kappa shape index (κ1) is 18.5. The maximum Gasteiger partial charge on any atom is 0.349 e. The Morgan fingerprint density at radius 1 is 1.35 bits per heavy atom. The van der Waals surface area contributed by atoms with Gasteiger partial charge in [0, 0.05) is 14.1 Å². The highest BCUT2D eigenvalue weighted by Gasteiger charge is 2.20. The molecule has 0 bridgehead atoms. The second-order valence-corrected chi connectivity index (χ2v) is 4.32. The largest absolute Gasteiger partial charge is 0.392 e. The molecule has 0 heterocycles. The van der Waals surface area contributed by atoms with Gasteiger partial charge >= 0.3 is 12.0 Å². The van der Waals surface area contributed by atoms with Crippen molar-refractivity contribution in [2.75, 3.05) is 19.0 Å². The molecule has 110 valence electrons. The second kappa shape index (κ2) is 9.39. The fourth-order valence-electron chi connectivity index (χ4n) is 1.55. The predicted octanol–water partition coefficient (Wildman–Crippen LogP) is 3.28. The summed E-state index contributed by atoms with van der Waals surface area (Å²) in [7, 11) is 3.21. The second-order valence-electron chi connectivity index (χ2n) is 3.54. The molecule has 0 atom stereocenters. The Hall–Kier alpha value is -1.52. The van der Waals surface area contributed by atoms with E-state index in [0.717, 1.165) is 5.56 Å². The van der Waals surface area contributed by atoms with Gasteiger partial charge in [-0.3, -0.25) is 4.90 Å². The topological polar surface area (TPSA) is 58.6 Å². The lowest BCUT2D eigenvalue weighted by molar-refractivity contribution is 0.0765. The van der Waals surface area contributed by atoms with E-state index < -0.39 is 5.97 Å². The van der Waals surface area contributed by atoms with Crippen molar-refractivity contribution >= 4 is 37.1 Å². The van der Waals surface area contributed by atoms with Crippen LogP contribution < -0.4 is 10.2 Å². The Balaban J connectivity index is 0.00000172. The number of aryl methyl sites for hydroxylation is 1. The molecule has 0 spiro atoms. The Bertz CT molecular complexity index is 495. The quantitative estimate of drug-likeness (QED) is 0.870. The van der Waals surface area contributed by atoms with Crippen molar-refractivity contribution in [2.24, 2.45) is 0 Å². The van der Waals surface area contributed by atoms with Crippen LogP contribution in [0.1, 0.15) is 29.8 Å². The van der Waals surface area contributed by atoms with Crippen molar-refractivity contribution in [3.05, 3.63) is 29.3 Å². The number of carbonyl (C=O) groups excluding carboxylic acids is 2. The summed E-state index contributed by atoms with van der Waals surface area (Å²) in [5.74, 6) is -0.532. The number of rotatable bonds is 3. The minimum atomic E-state index is -0.532. The van der Waals surface area contributed by atoms with Crippen LogP contribution in [0, 0.1) is 6.92 Å². The third-order valence-electron chi connectivity index (χ3n) is 2.45. The summed E-state index contributed by atoms with van der Waals surface area (Å²) in [4.78, 5) is 24.8. The maximum absolute atomic E-state index is 11.8. The number of nitrogens with zero attached hydrogens (tertiary/aromatic N) is 1. The molecule has 1 aromatic rings. The monoisotopic (exact) mass is 314 g/mol. The summed E-state index contributed by atoms with van der Waals surface area (Å²) in [6, 6.07) is 4.91. The molecule has 0 aliphatic heterocycles. The summed E-state index contributed by atoms with van der Waals surface area (Å²) >= 11 is 4.59. The van der Waals surface area contributed by atoms with E-state index in [1.165, 1.54) is 11.9 Å². The number of amides is 2.